The van der Waals surface area contributed by atoms with E-state index in [1.165, 1.54) is 12.1 Å². The number of nitrogens with zero attached hydrogens (tertiary/aromatic N) is 3. The Kier molecular flexibility index (Phi) is 7.12. The summed E-state index contributed by atoms with van der Waals surface area (Å²) in [5.41, 5.74) is 3.30. The first-order valence-electron chi connectivity index (χ1n) is 11.1. The Morgan fingerprint density at radius 3 is 2.53 bits per heavy atom. The van der Waals surface area contributed by atoms with Crippen LogP contribution in [0.2, 0.25) is 0 Å². The molecule has 34 heavy (non-hydrogen) atoms. The summed E-state index contributed by atoms with van der Waals surface area (Å²) in [7, 11) is 3.16. The lowest BCUT2D eigenvalue weighted by molar-refractivity contribution is 0.355. The van der Waals surface area contributed by atoms with Crippen molar-refractivity contribution < 1.29 is 18.4 Å². The van der Waals surface area contributed by atoms with E-state index in [1.807, 2.05) is 13.0 Å². The molecule has 0 amide bonds. The van der Waals surface area contributed by atoms with Gasteiger partial charge in [-0.15, -0.1) is 0 Å². The predicted octanol–water partition coefficient (Wildman–Crippen LogP) is 5.36. The van der Waals surface area contributed by atoms with Crippen LogP contribution >= 0.6 is 12.2 Å². The predicted molar refractivity (Wildman–Crippen MR) is 132 cm³/mol. The molecular weight excluding hydrogens is 455 g/mol. The smallest absolute Gasteiger partial charge is 0.258 e. The van der Waals surface area contributed by atoms with Crippen LogP contribution in [-0.4, -0.2) is 40.9 Å². The summed E-state index contributed by atoms with van der Waals surface area (Å²) in [6.45, 7) is 4.90. The number of thiocarbonyl (C=S) groups is 1. The first-order valence-corrected chi connectivity index (χ1v) is 11.5. The minimum absolute atomic E-state index is 0.303. The monoisotopic (exact) mass is 482 g/mol. The summed E-state index contributed by atoms with van der Waals surface area (Å²) in [5, 5.41) is 8.22. The number of hydrogen-bond acceptors (Lipinski definition) is 6. The Balaban J connectivity index is 1.78. The molecule has 1 atom stereocenters. The third-order valence-electron chi connectivity index (χ3n) is 5.83. The van der Waals surface area contributed by atoms with Crippen LogP contribution in [0.5, 0.6) is 11.5 Å². The molecule has 1 aliphatic heterocycles. The second-order valence-electron chi connectivity index (χ2n) is 7.93. The van der Waals surface area contributed by atoms with Gasteiger partial charge in [-0.1, -0.05) is 30.6 Å². The number of halogens is 1. The molecule has 0 radical (unpaired) electrons. The van der Waals surface area contributed by atoms with E-state index in [9.17, 15) is 4.39 Å². The van der Waals surface area contributed by atoms with Crippen molar-refractivity contribution >= 4 is 22.9 Å². The fraction of sp³-hybridized carbons (Fsp3) is 0.320. The highest BCUT2D eigenvalue weighted by Crippen LogP contribution is 2.38. The number of benzene rings is 2. The Morgan fingerprint density at radius 2 is 1.85 bits per heavy atom. The molecule has 1 aliphatic rings. The van der Waals surface area contributed by atoms with Crippen molar-refractivity contribution in [2.24, 2.45) is 0 Å². The Hall–Kier alpha value is -3.46. The fourth-order valence-electron chi connectivity index (χ4n) is 3.97. The van der Waals surface area contributed by atoms with Gasteiger partial charge in [-0.2, -0.15) is 4.98 Å². The number of methoxy groups -OCH3 is 2. The van der Waals surface area contributed by atoms with Gasteiger partial charge in [0, 0.05) is 17.8 Å². The molecule has 178 valence electrons. The van der Waals surface area contributed by atoms with Gasteiger partial charge in [0.25, 0.3) is 5.89 Å². The van der Waals surface area contributed by atoms with E-state index < -0.39 is 0 Å². The average molecular weight is 483 g/mol. The van der Waals surface area contributed by atoms with E-state index in [2.05, 4.69) is 22.3 Å². The Morgan fingerprint density at radius 1 is 1.12 bits per heavy atom. The van der Waals surface area contributed by atoms with Gasteiger partial charge in [0.2, 0.25) is 5.82 Å². The topological polar surface area (TPSA) is 72.7 Å². The molecule has 7 nitrogen and oxygen atoms in total. The normalized spacial score (nSPS) is 16.0. The van der Waals surface area contributed by atoms with Gasteiger partial charge in [0.15, 0.2) is 16.6 Å². The summed E-state index contributed by atoms with van der Waals surface area (Å²) in [5.74, 6) is 1.67. The van der Waals surface area contributed by atoms with E-state index in [1.54, 1.807) is 38.5 Å². The van der Waals surface area contributed by atoms with Gasteiger partial charge >= 0.3 is 0 Å². The number of allylic oxidation sites excluding steroid dienone is 1. The third-order valence-corrected chi connectivity index (χ3v) is 6.17. The maximum absolute atomic E-state index is 13.6. The van der Waals surface area contributed by atoms with E-state index in [-0.39, 0.29) is 11.9 Å². The van der Waals surface area contributed by atoms with Gasteiger partial charge in [0.05, 0.1) is 25.8 Å². The molecular formula is C25H27FN4O3S. The van der Waals surface area contributed by atoms with Crippen molar-refractivity contribution in [3.05, 3.63) is 65.4 Å². The van der Waals surface area contributed by atoms with E-state index in [0.29, 0.717) is 28.3 Å². The van der Waals surface area contributed by atoms with Gasteiger partial charge in [-0.25, -0.2) is 4.39 Å². The number of hydrogen-bond donors (Lipinski definition) is 1. The highest BCUT2D eigenvalue weighted by Gasteiger charge is 2.34. The highest BCUT2D eigenvalue weighted by molar-refractivity contribution is 7.80. The van der Waals surface area contributed by atoms with E-state index >= 15 is 0 Å². The molecule has 0 bridgehead atoms. The summed E-state index contributed by atoms with van der Waals surface area (Å²) in [4.78, 5) is 6.75. The minimum atomic E-state index is -0.357. The lowest BCUT2D eigenvalue weighted by atomic mass is 9.94. The summed E-state index contributed by atoms with van der Waals surface area (Å²) < 4.78 is 30.1. The molecule has 4 rings (SSSR count). The van der Waals surface area contributed by atoms with Crippen molar-refractivity contribution in [1.29, 1.82) is 0 Å². The molecule has 0 saturated heterocycles. The molecule has 1 N–H and O–H groups in total. The standard InChI is InChI=1S/C25H27FN4O3S/c1-5-6-13-30-15(2)21(22(27-25(30)34)16-7-10-18(26)11-8-16)24-28-23(29-33-24)17-9-12-19(31-3)20(14-17)32-4/h7-12,14,22H,5-6,13H2,1-4H3,(H,27,34). The van der Waals surface area contributed by atoms with Crippen LogP contribution in [0.15, 0.2) is 52.7 Å². The highest BCUT2D eigenvalue weighted by atomic mass is 32.1. The number of ether oxygens (including phenoxy) is 2. The van der Waals surface area contributed by atoms with Crippen LogP contribution < -0.4 is 14.8 Å². The van der Waals surface area contributed by atoms with Crippen LogP contribution in [0.25, 0.3) is 17.0 Å². The molecule has 1 unspecified atom stereocenters. The third kappa shape index (κ3) is 4.61. The first kappa shape index (κ1) is 23.7. The zero-order valence-electron chi connectivity index (χ0n) is 19.6. The van der Waals surface area contributed by atoms with E-state index in [0.717, 1.165) is 41.8 Å². The van der Waals surface area contributed by atoms with Crippen LogP contribution in [0.1, 0.15) is 44.2 Å². The molecule has 0 saturated carbocycles. The van der Waals surface area contributed by atoms with Crippen molar-refractivity contribution in [3.8, 4) is 22.9 Å². The Bertz CT molecular complexity index is 1210. The second kappa shape index (κ2) is 10.2. The van der Waals surface area contributed by atoms with Crippen molar-refractivity contribution in [2.45, 2.75) is 32.7 Å². The van der Waals surface area contributed by atoms with E-state index in [4.69, 9.17) is 31.2 Å². The zero-order valence-corrected chi connectivity index (χ0v) is 20.4. The maximum atomic E-state index is 13.6. The Labute approximate surface area is 203 Å². The van der Waals surface area contributed by atoms with Crippen molar-refractivity contribution in [2.75, 3.05) is 20.8 Å². The van der Waals surface area contributed by atoms with Crippen LogP contribution in [-0.2, 0) is 0 Å². The zero-order chi connectivity index (χ0) is 24.2. The molecule has 9 heteroatoms. The first-order chi connectivity index (χ1) is 16.5. The summed E-state index contributed by atoms with van der Waals surface area (Å²) in [6.07, 6.45) is 2.02. The van der Waals surface area contributed by atoms with Crippen molar-refractivity contribution in [1.82, 2.24) is 20.4 Å². The molecule has 2 heterocycles. The molecule has 1 aromatic heterocycles. The second-order valence-corrected chi connectivity index (χ2v) is 8.32. The number of unbranched alkanes of at least 4 members (excludes halogenated alkanes) is 1. The SMILES string of the molecule is CCCCN1C(=S)NC(c2ccc(F)cc2)C(c2nc(-c3ccc(OC)c(OC)c3)no2)=C1C. The fourth-order valence-corrected chi connectivity index (χ4v) is 4.32. The van der Waals surface area contributed by atoms with Crippen LogP contribution in [0.4, 0.5) is 4.39 Å². The lowest BCUT2D eigenvalue weighted by Gasteiger charge is -2.37. The van der Waals surface area contributed by atoms with Gasteiger partial charge in [-0.05, 0) is 61.5 Å². The van der Waals surface area contributed by atoms with Crippen molar-refractivity contribution in [3.63, 3.8) is 0 Å². The van der Waals surface area contributed by atoms with Gasteiger partial charge in [-0.3, -0.25) is 0 Å². The van der Waals surface area contributed by atoms with Gasteiger partial charge in [0.1, 0.15) is 5.82 Å². The van der Waals surface area contributed by atoms with Crippen LogP contribution in [0, 0.1) is 5.82 Å². The number of aromatic nitrogens is 2. The summed E-state index contributed by atoms with van der Waals surface area (Å²) >= 11 is 5.67. The van der Waals surface area contributed by atoms with Gasteiger partial charge < -0.3 is 24.2 Å². The largest absolute Gasteiger partial charge is 0.493 e. The molecule has 2 aromatic carbocycles. The lowest BCUT2D eigenvalue weighted by Crippen LogP contribution is -2.46. The number of rotatable bonds is 8. The molecule has 0 fully saturated rings. The minimum Gasteiger partial charge on any atom is -0.493 e. The number of nitrogens with one attached hydrogen (secondary N) is 1. The molecule has 3 aromatic rings. The average Bonchev–Trinajstić information content (AvgIpc) is 3.33. The molecule has 0 aliphatic carbocycles. The maximum Gasteiger partial charge on any atom is 0.258 e. The quantitative estimate of drug-likeness (QED) is 0.431. The summed E-state index contributed by atoms with van der Waals surface area (Å²) in [6, 6.07) is 11.4. The molecule has 0 spiro atoms. The van der Waals surface area contributed by atoms with Crippen LogP contribution in [0.3, 0.4) is 0 Å².